The van der Waals surface area contributed by atoms with Gasteiger partial charge in [-0.3, -0.25) is 4.55 Å². The number of sulfone groups is 1. The van der Waals surface area contributed by atoms with E-state index in [0.717, 1.165) is 12.1 Å². The molecular weight excluding hydrogens is 341 g/mol. The summed E-state index contributed by atoms with van der Waals surface area (Å²) in [6, 6.07) is 2.18. The molecule has 0 radical (unpaired) electrons. The third kappa shape index (κ3) is 4.79. The first-order valence-corrected chi connectivity index (χ1v) is 8.39. The van der Waals surface area contributed by atoms with Gasteiger partial charge in [0.15, 0.2) is 9.84 Å². The third-order valence-corrected chi connectivity index (χ3v) is 4.74. The SMILES string of the molecule is Nc1c(Cl)cc(S(=O)(=O)CCOS(=O)(=O)O)cc1Cl. The lowest BCUT2D eigenvalue weighted by Crippen LogP contribution is -2.15. The first kappa shape index (κ1) is 16.5. The van der Waals surface area contributed by atoms with Crippen molar-refractivity contribution < 1.29 is 25.6 Å². The molecule has 0 aliphatic carbocycles. The molecule has 0 spiro atoms. The van der Waals surface area contributed by atoms with E-state index in [-0.39, 0.29) is 20.6 Å². The van der Waals surface area contributed by atoms with E-state index in [1.165, 1.54) is 0 Å². The van der Waals surface area contributed by atoms with E-state index >= 15 is 0 Å². The number of rotatable bonds is 5. The Hall–Kier alpha value is -0.580. The van der Waals surface area contributed by atoms with E-state index in [9.17, 15) is 16.8 Å². The van der Waals surface area contributed by atoms with Crippen molar-refractivity contribution in [3.63, 3.8) is 0 Å². The maximum Gasteiger partial charge on any atom is 0.397 e. The molecule has 11 heteroatoms. The van der Waals surface area contributed by atoms with Crippen molar-refractivity contribution in [3.8, 4) is 0 Å². The van der Waals surface area contributed by atoms with Gasteiger partial charge in [0.05, 0.1) is 33.0 Å². The summed E-state index contributed by atoms with van der Waals surface area (Å²) in [6.45, 7) is -0.735. The van der Waals surface area contributed by atoms with Gasteiger partial charge in [0.2, 0.25) is 0 Å². The Kier molecular flexibility index (Phi) is 5.04. The van der Waals surface area contributed by atoms with Crippen molar-refractivity contribution >= 4 is 49.1 Å². The van der Waals surface area contributed by atoms with Crippen LogP contribution in [0.2, 0.25) is 10.0 Å². The van der Waals surface area contributed by atoms with Crippen LogP contribution in [0.15, 0.2) is 17.0 Å². The van der Waals surface area contributed by atoms with Gasteiger partial charge in [-0.2, -0.15) is 8.42 Å². The first-order chi connectivity index (χ1) is 8.53. The van der Waals surface area contributed by atoms with Crippen molar-refractivity contribution in [1.82, 2.24) is 0 Å². The quantitative estimate of drug-likeness (QED) is 0.603. The van der Waals surface area contributed by atoms with Crippen molar-refractivity contribution in [2.45, 2.75) is 4.90 Å². The molecule has 0 aliphatic rings. The molecule has 19 heavy (non-hydrogen) atoms. The molecule has 0 saturated carbocycles. The van der Waals surface area contributed by atoms with Gasteiger partial charge in [0.25, 0.3) is 0 Å². The minimum atomic E-state index is -4.69. The molecule has 0 heterocycles. The van der Waals surface area contributed by atoms with Gasteiger partial charge in [-0.05, 0) is 12.1 Å². The van der Waals surface area contributed by atoms with E-state index in [2.05, 4.69) is 4.18 Å². The van der Waals surface area contributed by atoms with Crippen molar-refractivity contribution in [1.29, 1.82) is 0 Å². The van der Waals surface area contributed by atoms with Crippen LogP contribution < -0.4 is 5.73 Å². The van der Waals surface area contributed by atoms with Crippen LogP contribution in [-0.2, 0) is 24.4 Å². The molecule has 0 atom stereocenters. The van der Waals surface area contributed by atoms with Gasteiger partial charge < -0.3 is 5.73 Å². The largest absolute Gasteiger partial charge is 0.397 e. The van der Waals surface area contributed by atoms with Crippen LogP contribution in [0.5, 0.6) is 0 Å². The summed E-state index contributed by atoms with van der Waals surface area (Å²) in [5.74, 6) is -0.677. The molecule has 0 fully saturated rings. The molecule has 0 aromatic heterocycles. The topological polar surface area (TPSA) is 124 Å². The highest BCUT2D eigenvalue weighted by molar-refractivity contribution is 7.91. The fourth-order valence-corrected chi connectivity index (χ4v) is 3.26. The lowest BCUT2D eigenvalue weighted by atomic mass is 10.3. The highest BCUT2D eigenvalue weighted by Gasteiger charge is 2.19. The Labute approximate surface area is 120 Å². The Bertz CT molecular complexity index is 662. The highest BCUT2D eigenvalue weighted by Crippen LogP contribution is 2.31. The van der Waals surface area contributed by atoms with Crippen LogP contribution in [0.1, 0.15) is 0 Å². The summed E-state index contributed by atoms with van der Waals surface area (Å²) in [6.07, 6.45) is 0. The number of nitrogens with two attached hydrogens (primary N) is 1. The van der Waals surface area contributed by atoms with E-state index in [1.807, 2.05) is 0 Å². The molecule has 0 saturated heterocycles. The van der Waals surface area contributed by atoms with E-state index in [1.54, 1.807) is 0 Å². The molecule has 1 aromatic carbocycles. The van der Waals surface area contributed by atoms with Crippen LogP contribution in [0, 0.1) is 0 Å². The molecule has 7 nitrogen and oxygen atoms in total. The predicted molar refractivity (Wildman–Crippen MR) is 70.4 cm³/mol. The summed E-state index contributed by atoms with van der Waals surface area (Å²) in [5.41, 5.74) is 5.49. The van der Waals surface area contributed by atoms with E-state index < -0.39 is 32.6 Å². The Balaban J connectivity index is 2.95. The molecule has 0 amide bonds. The monoisotopic (exact) mass is 349 g/mol. The second-order valence-corrected chi connectivity index (χ2v) is 7.38. The fourth-order valence-electron chi connectivity index (χ4n) is 1.11. The van der Waals surface area contributed by atoms with Crippen molar-refractivity contribution in [2.24, 2.45) is 0 Å². The van der Waals surface area contributed by atoms with Crippen molar-refractivity contribution in [2.75, 3.05) is 18.1 Å². The van der Waals surface area contributed by atoms with Crippen LogP contribution in [0.3, 0.4) is 0 Å². The highest BCUT2D eigenvalue weighted by atomic mass is 35.5. The minimum Gasteiger partial charge on any atom is -0.396 e. The Morgan fingerprint density at radius 1 is 1.16 bits per heavy atom. The van der Waals surface area contributed by atoms with Gasteiger partial charge in [0, 0.05) is 0 Å². The number of benzene rings is 1. The second-order valence-electron chi connectivity index (χ2n) is 3.37. The smallest absolute Gasteiger partial charge is 0.396 e. The molecule has 0 bridgehead atoms. The van der Waals surface area contributed by atoms with Gasteiger partial charge in [-0.1, -0.05) is 23.2 Å². The molecule has 1 rings (SSSR count). The third-order valence-electron chi connectivity index (χ3n) is 2.00. The summed E-state index contributed by atoms with van der Waals surface area (Å²) < 4.78 is 56.4. The van der Waals surface area contributed by atoms with E-state index in [0.29, 0.717) is 0 Å². The summed E-state index contributed by atoms with van der Waals surface area (Å²) in [4.78, 5) is -0.226. The zero-order valence-electron chi connectivity index (χ0n) is 9.21. The van der Waals surface area contributed by atoms with Gasteiger partial charge in [-0.15, -0.1) is 0 Å². The second kappa shape index (κ2) is 5.81. The standard InChI is InChI=1S/C8H9Cl2NO6S2/c9-6-3-5(4-7(10)8(6)11)18(12,13)2-1-17-19(14,15)16/h3-4H,1-2,11H2,(H,14,15,16). The normalized spacial score (nSPS) is 12.6. The number of nitrogen functional groups attached to an aromatic ring is 1. The fraction of sp³-hybridized carbons (Fsp3) is 0.250. The van der Waals surface area contributed by atoms with Gasteiger partial charge in [0.1, 0.15) is 0 Å². The van der Waals surface area contributed by atoms with Crippen LogP contribution in [0.25, 0.3) is 0 Å². The average molecular weight is 350 g/mol. The zero-order valence-corrected chi connectivity index (χ0v) is 12.4. The number of hydrogen-bond acceptors (Lipinski definition) is 6. The maximum absolute atomic E-state index is 11.8. The number of hydrogen-bond donors (Lipinski definition) is 2. The Morgan fingerprint density at radius 3 is 2.05 bits per heavy atom. The van der Waals surface area contributed by atoms with Gasteiger partial charge >= 0.3 is 10.4 Å². The molecular formula is C8H9Cl2NO6S2. The van der Waals surface area contributed by atoms with Gasteiger partial charge in [-0.25, -0.2) is 12.6 Å². The maximum atomic E-state index is 11.8. The molecule has 1 aromatic rings. The molecule has 3 N–H and O–H groups in total. The summed E-state index contributed by atoms with van der Waals surface area (Å²) >= 11 is 11.4. The summed E-state index contributed by atoms with van der Waals surface area (Å²) in [7, 11) is -8.56. The molecule has 108 valence electrons. The lowest BCUT2D eigenvalue weighted by Gasteiger charge is -2.07. The predicted octanol–water partition coefficient (Wildman–Crippen LogP) is 1.17. The van der Waals surface area contributed by atoms with Crippen molar-refractivity contribution in [3.05, 3.63) is 22.2 Å². The van der Waals surface area contributed by atoms with Crippen LogP contribution in [-0.4, -0.2) is 33.7 Å². The van der Waals surface area contributed by atoms with Crippen LogP contribution >= 0.6 is 23.2 Å². The van der Waals surface area contributed by atoms with Crippen LogP contribution in [0.4, 0.5) is 5.69 Å². The minimum absolute atomic E-state index is 0.0384. The Morgan fingerprint density at radius 2 is 1.63 bits per heavy atom. The molecule has 0 aliphatic heterocycles. The number of anilines is 1. The summed E-state index contributed by atoms with van der Waals surface area (Å²) in [5, 5.41) is -0.0800. The number of halogens is 2. The van der Waals surface area contributed by atoms with E-state index in [4.69, 9.17) is 33.5 Å². The first-order valence-electron chi connectivity index (χ1n) is 4.62. The lowest BCUT2D eigenvalue weighted by molar-refractivity contribution is 0.284. The average Bonchev–Trinajstić information content (AvgIpc) is 2.22. The zero-order chi connectivity index (χ0) is 14.8. The molecule has 0 unspecified atom stereocenters.